The molecule has 3 nitrogen and oxygen atoms in total. The fourth-order valence-corrected chi connectivity index (χ4v) is 1.13. The summed E-state index contributed by atoms with van der Waals surface area (Å²) in [5.41, 5.74) is 0. The van der Waals surface area contributed by atoms with Crippen LogP contribution in [0.3, 0.4) is 0 Å². The number of aromatic nitrogens is 2. The van der Waals surface area contributed by atoms with Crippen LogP contribution in [0.1, 0.15) is 13.2 Å². The van der Waals surface area contributed by atoms with Crippen LogP contribution in [0.25, 0.3) is 0 Å². The van der Waals surface area contributed by atoms with E-state index >= 15 is 0 Å². The average molecular weight is 221 g/mol. The summed E-state index contributed by atoms with van der Waals surface area (Å²) in [4.78, 5) is 3.90. The second-order valence-corrected chi connectivity index (χ2v) is 3.32. The molecule has 1 unspecified atom stereocenters. The van der Waals surface area contributed by atoms with Crippen LogP contribution in [0.2, 0.25) is 0 Å². The topological polar surface area (TPSA) is 27.1 Å². The van der Waals surface area contributed by atoms with Crippen molar-refractivity contribution in [3.8, 4) is 0 Å². The van der Waals surface area contributed by atoms with Crippen LogP contribution in [0.15, 0.2) is 29.3 Å². The smallest absolute Gasteiger partial charge is 0.156 e. The first-order valence-electron chi connectivity index (χ1n) is 3.86. The molecule has 0 bridgehead atoms. The van der Waals surface area contributed by atoms with Gasteiger partial charge in [-0.05, 0) is 13.0 Å². The number of rotatable bonds is 4. The van der Waals surface area contributed by atoms with Crippen molar-refractivity contribution in [2.45, 2.75) is 13.2 Å². The fraction of sp³-hybridized carbons (Fsp3) is 0.375. The molecule has 0 fully saturated rings. The Morgan fingerprint density at radius 3 is 2.92 bits per heavy atom. The number of ether oxygens (including phenoxy) is 1. The van der Waals surface area contributed by atoms with Crippen molar-refractivity contribution in [1.29, 1.82) is 0 Å². The summed E-state index contributed by atoms with van der Waals surface area (Å²) >= 11 is 11.1. The Morgan fingerprint density at radius 2 is 2.46 bits per heavy atom. The molecule has 5 heteroatoms. The SMILES string of the molecule is CCOC(C=C(Cl)Cl)n1ccnc1. The number of nitrogens with zero attached hydrogens (tertiary/aromatic N) is 2. The molecule has 1 atom stereocenters. The first kappa shape index (κ1) is 10.6. The van der Waals surface area contributed by atoms with Gasteiger partial charge < -0.3 is 9.30 Å². The highest BCUT2D eigenvalue weighted by molar-refractivity contribution is 6.55. The quantitative estimate of drug-likeness (QED) is 0.781. The Hall–Kier alpha value is -0.510. The van der Waals surface area contributed by atoms with Gasteiger partial charge >= 0.3 is 0 Å². The van der Waals surface area contributed by atoms with Crippen molar-refractivity contribution in [3.63, 3.8) is 0 Å². The standard InChI is InChI=1S/C8H10Cl2N2O/c1-2-13-8(5-7(9)10)12-4-3-11-6-12/h3-6,8H,2H2,1H3. The van der Waals surface area contributed by atoms with E-state index in [1.54, 1.807) is 29.4 Å². The number of hydrogen-bond acceptors (Lipinski definition) is 2. The van der Waals surface area contributed by atoms with Gasteiger partial charge in [-0.1, -0.05) is 23.2 Å². The van der Waals surface area contributed by atoms with Crippen LogP contribution in [-0.2, 0) is 4.74 Å². The highest BCUT2D eigenvalue weighted by Crippen LogP contribution is 2.16. The Kier molecular flexibility index (Phi) is 4.28. The van der Waals surface area contributed by atoms with E-state index in [2.05, 4.69) is 4.98 Å². The molecule has 0 saturated heterocycles. The Bertz CT molecular complexity index is 268. The summed E-state index contributed by atoms with van der Waals surface area (Å²) in [5, 5.41) is 0. The zero-order valence-electron chi connectivity index (χ0n) is 7.15. The molecule has 0 aliphatic rings. The Labute approximate surface area is 86.9 Å². The summed E-state index contributed by atoms with van der Waals surface area (Å²) in [6.45, 7) is 2.49. The molecule has 0 saturated carbocycles. The zero-order chi connectivity index (χ0) is 9.68. The molecule has 0 N–H and O–H groups in total. The third-order valence-corrected chi connectivity index (χ3v) is 1.68. The number of hydrogen-bond donors (Lipinski definition) is 0. The van der Waals surface area contributed by atoms with E-state index in [-0.39, 0.29) is 10.7 Å². The van der Waals surface area contributed by atoms with Gasteiger partial charge in [-0.2, -0.15) is 0 Å². The molecule has 0 radical (unpaired) electrons. The molecule has 0 aromatic carbocycles. The lowest BCUT2D eigenvalue weighted by atomic mass is 10.5. The van der Waals surface area contributed by atoms with E-state index in [1.807, 2.05) is 6.92 Å². The largest absolute Gasteiger partial charge is 0.354 e. The lowest BCUT2D eigenvalue weighted by Crippen LogP contribution is -2.08. The normalized spacial score (nSPS) is 12.5. The minimum Gasteiger partial charge on any atom is -0.354 e. The lowest BCUT2D eigenvalue weighted by Gasteiger charge is -2.13. The van der Waals surface area contributed by atoms with Crippen molar-refractivity contribution >= 4 is 23.2 Å². The van der Waals surface area contributed by atoms with E-state index < -0.39 is 0 Å². The van der Waals surface area contributed by atoms with Gasteiger partial charge in [0.25, 0.3) is 0 Å². The van der Waals surface area contributed by atoms with Crippen molar-refractivity contribution < 1.29 is 4.74 Å². The monoisotopic (exact) mass is 220 g/mol. The van der Waals surface area contributed by atoms with Crippen LogP contribution < -0.4 is 0 Å². The maximum atomic E-state index is 5.54. The van der Waals surface area contributed by atoms with Gasteiger partial charge in [-0.15, -0.1) is 0 Å². The molecule has 1 rings (SSSR count). The average Bonchev–Trinajstić information content (AvgIpc) is 2.54. The molecular weight excluding hydrogens is 211 g/mol. The van der Waals surface area contributed by atoms with E-state index in [0.717, 1.165) is 0 Å². The van der Waals surface area contributed by atoms with Gasteiger partial charge in [0.2, 0.25) is 0 Å². The van der Waals surface area contributed by atoms with Gasteiger partial charge in [-0.3, -0.25) is 0 Å². The van der Waals surface area contributed by atoms with Crippen LogP contribution in [0.5, 0.6) is 0 Å². The van der Waals surface area contributed by atoms with Crippen molar-refractivity contribution in [2.24, 2.45) is 0 Å². The molecule has 1 heterocycles. The maximum Gasteiger partial charge on any atom is 0.156 e. The highest BCUT2D eigenvalue weighted by Gasteiger charge is 2.06. The molecule has 72 valence electrons. The third-order valence-electron chi connectivity index (χ3n) is 1.42. The lowest BCUT2D eigenvalue weighted by molar-refractivity contribution is 0.0467. The van der Waals surface area contributed by atoms with Gasteiger partial charge in [0, 0.05) is 19.0 Å². The molecule has 0 spiro atoms. The summed E-state index contributed by atoms with van der Waals surface area (Å²) < 4.78 is 7.33. The molecule has 13 heavy (non-hydrogen) atoms. The van der Waals surface area contributed by atoms with E-state index in [4.69, 9.17) is 27.9 Å². The predicted molar refractivity (Wildman–Crippen MR) is 52.7 cm³/mol. The highest BCUT2D eigenvalue weighted by atomic mass is 35.5. The third kappa shape index (κ3) is 3.38. The van der Waals surface area contributed by atoms with Crippen molar-refractivity contribution in [1.82, 2.24) is 9.55 Å². The van der Waals surface area contributed by atoms with Crippen LogP contribution in [0.4, 0.5) is 0 Å². The van der Waals surface area contributed by atoms with E-state index in [1.165, 1.54) is 0 Å². The maximum absolute atomic E-state index is 5.54. The Balaban J connectivity index is 2.74. The number of halogens is 2. The summed E-state index contributed by atoms with van der Waals surface area (Å²) in [5.74, 6) is 0. The summed E-state index contributed by atoms with van der Waals surface area (Å²) in [7, 11) is 0. The minimum absolute atomic E-state index is 0.187. The van der Waals surface area contributed by atoms with Gasteiger partial charge in [0.1, 0.15) is 4.49 Å². The van der Waals surface area contributed by atoms with Crippen LogP contribution in [-0.4, -0.2) is 16.2 Å². The van der Waals surface area contributed by atoms with Crippen LogP contribution >= 0.6 is 23.2 Å². The van der Waals surface area contributed by atoms with Gasteiger partial charge in [0.05, 0.1) is 6.33 Å². The molecule has 0 amide bonds. The van der Waals surface area contributed by atoms with Crippen molar-refractivity contribution in [2.75, 3.05) is 6.61 Å². The second-order valence-electron chi connectivity index (χ2n) is 2.31. The second kappa shape index (κ2) is 5.27. The summed E-state index contributed by atoms with van der Waals surface area (Å²) in [6, 6.07) is 0. The van der Waals surface area contributed by atoms with E-state index in [0.29, 0.717) is 6.61 Å². The van der Waals surface area contributed by atoms with Gasteiger partial charge in [-0.25, -0.2) is 4.98 Å². The molecule has 0 aliphatic carbocycles. The van der Waals surface area contributed by atoms with Crippen molar-refractivity contribution in [3.05, 3.63) is 29.3 Å². The molecular formula is C8H10Cl2N2O. The zero-order valence-corrected chi connectivity index (χ0v) is 8.66. The Morgan fingerprint density at radius 1 is 1.69 bits per heavy atom. The first-order valence-corrected chi connectivity index (χ1v) is 4.61. The fourth-order valence-electron chi connectivity index (χ4n) is 0.919. The van der Waals surface area contributed by atoms with Gasteiger partial charge in [0.15, 0.2) is 6.23 Å². The minimum atomic E-state index is -0.280. The molecule has 0 aliphatic heterocycles. The predicted octanol–water partition coefficient (Wildman–Crippen LogP) is 2.74. The molecule has 1 aromatic heterocycles. The number of imidazole rings is 1. The van der Waals surface area contributed by atoms with E-state index in [9.17, 15) is 0 Å². The first-order chi connectivity index (χ1) is 6.24. The summed E-state index contributed by atoms with van der Waals surface area (Å²) in [6.07, 6.45) is 6.43. The molecule has 1 aromatic rings. The van der Waals surface area contributed by atoms with Crippen LogP contribution in [0, 0.1) is 0 Å².